The van der Waals surface area contributed by atoms with Crippen LogP contribution in [0.3, 0.4) is 0 Å². The van der Waals surface area contributed by atoms with Gasteiger partial charge in [0, 0.05) is 19.7 Å². The van der Waals surface area contributed by atoms with Crippen LogP contribution in [0.15, 0.2) is 41.4 Å². The van der Waals surface area contributed by atoms with Crippen molar-refractivity contribution in [2.45, 2.75) is 13.0 Å². The summed E-state index contributed by atoms with van der Waals surface area (Å²) in [6, 6.07) is 9.15. The molecule has 1 amide bonds. The average Bonchev–Trinajstić information content (AvgIpc) is 2.97. The third kappa shape index (κ3) is 4.40. The van der Waals surface area contributed by atoms with Gasteiger partial charge in [0.05, 0.1) is 30.4 Å². The normalized spacial score (nSPS) is 11.9. The number of thiazole rings is 1. The second-order valence-corrected chi connectivity index (χ2v) is 6.80. The quantitative estimate of drug-likeness (QED) is 0.647. The van der Waals surface area contributed by atoms with Crippen molar-refractivity contribution in [1.29, 1.82) is 0 Å². The topological polar surface area (TPSA) is 52.8 Å². The minimum Gasteiger partial charge on any atom is -0.497 e. The fraction of sp³-hybridized carbons (Fsp3) is 0.263. The molecule has 0 saturated carbocycles. The predicted octanol–water partition coefficient (Wildman–Crippen LogP) is 3.31. The molecule has 0 aliphatic heterocycles. The maximum Gasteiger partial charge on any atom is 0.252 e. The Hall–Kier alpha value is -2.58. The zero-order valence-corrected chi connectivity index (χ0v) is 15.7. The predicted molar refractivity (Wildman–Crippen MR) is 98.9 cm³/mol. The zero-order valence-electron chi connectivity index (χ0n) is 14.9. The molecule has 0 spiro atoms. The molecule has 3 aromatic rings. The number of rotatable bonds is 6. The van der Waals surface area contributed by atoms with Crippen molar-refractivity contribution in [3.63, 3.8) is 0 Å². The van der Waals surface area contributed by atoms with Gasteiger partial charge in [-0.05, 0) is 23.8 Å². The number of aromatic nitrogens is 1. The number of benzene rings is 2. The zero-order chi connectivity index (χ0) is 19.4. The number of amides is 1. The highest BCUT2D eigenvalue weighted by molar-refractivity contribution is 7.16. The molecule has 1 aromatic heterocycles. The van der Waals surface area contributed by atoms with Crippen LogP contribution < -0.4 is 9.54 Å². The number of carbonyl (C=O) groups excluding carboxylic acids is 1. The Kier molecular flexibility index (Phi) is 5.98. The van der Waals surface area contributed by atoms with Crippen LogP contribution in [0, 0.1) is 11.6 Å². The third-order valence-electron chi connectivity index (χ3n) is 3.95. The Morgan fingerprint density at radius 3 is 2.59 bits per heavy atom. The minimum atomic E-state index is -0.693. The van der Waals surface area contributed by atoms with Gasteiger partial charge in [0.25, 0.3) is 5.91 Å². The van der Waals surface area contributed by atoms with Crippen LogP contribution >= 0.6 is 11.3 Å². The van der Waals surface area contributed by atoms with E-state index in [9.17, 15) is 13.6 Å². The lowest BCUT2D eigenvalue weighted by atomic mass is 10.1. The number of nitrogens with zero attached hydrogens (tertiary/aromatic N) is 2. The molecule has 0 aliphatic rings. The number of fused-ring (bicyclic) bond motifs is 1. The van der Waals surface area contributed by atoms with Crippen LogP contribution in [0.1, 0.15) is 5.56 Å². The molecule has 0 unspecified atom stereocenters. The summed E-state index contributed by atoms with van der Waals surface area (Å²) >= 11 is 1.07. The van der Waals surface area contributed by atoms with E-state index in [4.69, 9.17) is 9.47 Å². The summed E-state index contributed by atoms with van der Waals surface area (Å²) in [5.74, 6) is -1.04. The van der Waals surface area contributed by atoms with Gasteiger partial charge in [-0.1, -0.05) is 23.5 Å². The second kappa shape index (κ2) is 8.41. The second-order valence-electron chi connectivity index (χ2n) is 5.79. The molecule has 0 radical (unpaired) electrons. The Balaban J connectivity index is 1.97. The molecule has 0 bridgehead atoms. The largest absolute Gasteiger partial charge is 0.497 e. The van der Waals surface area contributed by atoms with Gasteiger partial charge in [-0.15, -0.1) is 0 Å². The maximum absolute atomic E-state index is 14.3. The van der Waals surface area contributed by atoms with Crippen LogP contribution in [0.4, 0.5) is 8.78 Å². The molecule has 142 valence electrons. The molecule has 8 heteroatoms. The minimum absolute atomic E-state index is 0.0966. The SMILES string of the molecule is COCCn1c(=NC(=O)Cc2ccc(OC)cc2)sc2cc(F)cc(F)c21. The fourth-order valence-electron chi connectivity index (χ4n) is 2.67. The van der Waals surface area contributed by atoms with E-state index in [-0.39, 0.29) is 17.8 Å². The van der Waals surface area contributed by atoms with Gasteiger partial charge >= 0.3 is 0 Å². The third-order valence-corrected chi connectivity index (χ3v) is 4.97. The number of methoxy groups -OCH3 is 2. The molecule has 1 heterocycles. The monoisotopic (exact) mass is 392 g/mol. The van der Waals surface area contributed by atoms with Gasteiger partial charge in [0.15, 0.2) is 10.6 Å². The lowest BCUT2D eigenvalue weighted by Crippen LogP contribution is -2.20. The van der Waals surface area contributed by atoms with Gasteiger partial charge in [-0.2, -0.15) is 4.99 Å². The van der Waals surface area contributed by atoms with Crippen molar-refractivity contribution in [1.82, 2.24) is 4.57 Å². The lowest BCUT2D eigenvalue weighted by molar-refractivity contribution is -0.117. The summed E-state index contributed by atoms with van der Waals surface area (Å²) in [7, 11) is 3.09. The van der Waals surface area contributed by atoms with Crippen LogP contribution in [0.2, 0.25) is 0 Å². The number of hydrogen-bond acceptors (Lipinski definition) is 4. The smallest absolute Gasteiger partial charge is 0.252 e. The van der Waals surface area contributed by atoms with E-state index in [0.29, 0.717) is 28.4 Å². The molecule has 0 N–H and O–H groups in total. The van der Waals surface area contributed by atoms with E-state index >= 15 is 0 Å². The highest BCUT2D eigenvalue weighted by Crippen LogP contribution is 2.22. The molecule has 0 aliphatic carbocycles. The summed E-state index contributed by atoms with van der Waals surface area (Å²) < 4.78 is 39.9. The van der Waals surface area contributed by atoms with Crippen molar-refractivity contribution < 1.29 is 23.0 Å². The van der Waals surface area contributed by atoms with Gasteiger partial charge in [0.1, 0.15) is 11.6 Å². The number of ether oxygens (including phenoxy) is 2. The Labute approximate surface area is 158 Å². The fourth-order valence-corrected chi connectivity index (χ4v) is 3.78. The van der Waals surface area contributed by atoms with E-state index in [1.165, 1.54) is 13.2 Å². The van der Waals surface area contributed by atoms with E-state index in [1.54, 1.807) is 35.9 Å². The van der Waals surface area contributed by atoms with Gasteiger partial charge in [-0.25, -0.2) is 8.78 Å². The molecule has 0 fully saturated rings. The van der Waals surface area contributed by atoms with Crippen LogP contribution in [-0.2, 0) is 22.5 Å². The molecule has 0 atom stereocenters. The Bertz CT molecular complexity index is 1030. The summed E-state index contributed by atoms with van der Waals surface area (Å²) in [6.07, 6.45) is 0.0966. The Morgan fingerprint density at radius 2 is 1.93 bits per heavy atom. The van der Waals surface area contributed by atoms with Crippen LogP contribution in [0.25, 0.3) is 10.2 Å². The summed E-state index contributed by atoms with van der Waals surface area (Å²) in [5.41, 5.74) is 1.00. The molecule has 2 aromatic carbocycles. The average molecular weight is 392 g/mol. The van der Waals surface area contributed by atoms with Gasteiger partial charge in [-0.3, -0.25) is 4.79 Å². The molecule has 0 saturated heterocycles. The summed E-state index contributed by atoms with van der Waals surface area (Å²) in [5, 5.41) is 0. The van der Waals surface area contributed by atoms with Crippen LogP contribution in [-0.4, -0.2) is 31.3 Å². The Morgan fingerprint density at radius 1 is 1.19 bits per heavy atom. The van der Waals surface area contributed by atoms with Crippen molar-refractivity contribution in [3.05, 3.63) is 58.4 Å². The molecule has 5 nitrogen and oxygen atoms in total. The number of hydrogen-bond donors (Lipinski definition) is 0. The van der Waals surface area contributed by atoms with Gasteiger partial charge in [0.2, 0.25) is 0 Å². The molecule has 27 heavy (non-hydrogen) atoms. The van der Waals surface area contributed by atoms with Gasteiger partial charge < -0.3 is 14.0 Å². The van der Waals surface area contributed by atoms with E-state index in [0.717, 1.165) is 23.0 Å². The van der Waals surface area contributed by atoms with Crippen molar-refractivity contribution >= 4 is 27.5 Å². The summed E-state index contributed by atoms with van der Waals surface area (Å²) in [6.45, 7) is 0.607. The first-order valence-electron chi connectivity index (χ1n) is 8.19. The lowest BCUT2D eigenvalue weighted by Gasteiger charge is -2.05. The van der Waals surface area contributed by atoms with Crippen molar-refractivity contribution in [2.75, 3.05) is 20.8 Å². The molecular formula is C19H18F2N2O3S. The highest BCUT2D eigenvalue weighted by Gasteiger charge is 2.14. The molecular weight excluding hydrogens is 374 g/mol. The van der Waals surface area contributed by atoms with Crippen molar-refractivity contribution in [3.8, 4) is 5.75 Å². The van der Waals surface area contributed by atoms with E-state index in [1.807, 2.05) is 0 Å². The number of carbonyl (C=O) groups is 1. The first-order valence-corrected chi connectivity index (χ1v) is 9.01. The maximum atomic E-state index is 14.3. The highest BCUT2D eigenvalue weighted by atomic mass is 32.1. The molecule has 3 rings (SSSR count). The number of halogens is 2. The van der Waals surface area contributed by atoms with E-state index in [2.05, 4.69) is 4.99 Å². The first kappa shape index (κ1) is 19.2. The standard InChI is InChI=1S/C19H18F2N2O3S/c1-25-8-7-23-18-15(21)10-13(20)11-16(18)27-19(23)22-17(24)9-12-3-5-14(26-2)6-4-12/h3-6,10-11H,7-9H2,1-2H3. The van der Waals surface area contributed by atoms with Crippen molar-refractivity contribution in [2.24, 2.45) is 4.99 Å². The van der Waals surface area contributed by atoms with Crippen LogP contribution in [0.5, 0.6) is 5.75 Å². The first-order chi connectivity index (χ1) is 13.0. The summed E-state index contributed by atoms with van der Waals surface area (Å²) in [4.78, 5) is 16.8. The van der Waals surface area contributed by atoms with E-state index < -0.39 is 11.6 Å².